The van der Waals surface area contributed by atoms with Crippen LogP contribution in [-0.4, -0.2) is 9.97 Å². The van der Waals surface area contributed by atoms with Gasteiger partial charge in [-0.05, 0) is 24.3 Å². The zero-order valence-electron chi connectivity index (χ0n) is 6.81. The van der Waals surface area contributed by atoms with E-state index in [0.717, 1.165) is 11.3 Å². The van der Waals surface area contributed by atoms with Crippen molar-refractivity contribution in [2.24, 2.45) is 0 Å². The summed E-state index contributed by atoms with van der Waals surface area (Å²) >= 11 is 5.83. The van der Waals surface area contributed by atoms with Gasteiger partial charge in [-0.1, -0.05) is 11.6 Å². The number of aromatic nitrogens is 2. The highest BCUT2D eigenvalue weighted by Gasteiger charge is 1.98. The summed E-state index contributed by atoms with van der Waals surface area (Å²) in [6.45, 7) is 0. The minimum absolute atomic E-state index is 0.689. The summed E-state index contributed by atoms with van der Waals surface area (Å²) in [4.78, 5) is 8.19. The summed E-state index contributed by atoms with van der Waals surface area (Å²) in [5, 5.41) is 0.689. The van der Waals surface area contributed by atoms with Gasteiger partial charge in [-0.2, -0.15) is 0 Å². The zero-order valence-corrected chi connectivity index (χ0v) is 7.57. The van der Waals surface area contributed by atoms with Gasteiger partial charge in [0.1, 0.15) is 0 Å². The fourth-order valence-electron chi connectivity index (χ4n) is 1.08. The molecule has 64 valence electrons. The van der Waals surface area contributed by atoms with Crippen LogP contribution in [0.15, 0.2) is 42.9 Å². The minimum atomic E-state index is 0.689. The second-order valence-corrected chi connectivity index (χ2v) is 3.04. The van der Waals surface area contributed by atoms with E-state index in [-0.39, 0.29) is 0 Å². The minimum Gasteiger partial charge on any atom is -0.264 e. The van der Waals surface area contributed by atoms with Crippen molar-refractivity contribution in [2.75, 3.05) is 0 Å². The number of pyridine rings is 2. The molecule has 0 aromatic carbocycles. The zero-order chi connectivity index (χ0) is 9.10. The van der Waals surface area contributed by atoms with Gasteiger partial charge in [0.25, 0.3) is 0 Å². The molecule has 0 N–H and O–H groups in total. The van der Waals surface area contributed by atoms with Crippen molar-refractivity contribution in [2.45, 2.75) is 0 Å². The van der Waals surface area contributed by atoms with Crippen LogP contribution in [0.2, 0.25) is 5.02 Å². The molecule has 0 bridgehead atoms. The molecule has 2 heterocycles. The van der Waals surface area contributed by atoms with Crippen molar-refractivity contribution in [1.82, 2.24) is 9.97 Å². The lowest BCUT2D eigenvalue weighted by molar-refractivity contribution is 1.28. The third kappa shape index (κ3) is 1.84. The molecule has 0 radical (unpaired) electrons. The van der Waals surface area contributed by atoms with Gasteiger partial charge < -0.3 is 0 Å². The van der Waals surface area contributed by atoms with Crippen LogP contribution in [0.4, 0.5) is 0 Å². The van der Waals surface area contributed by atoms with Gasteiger partial charge in [0.15, 0.2) is 0 Å². The van der Waals surface area contributed by atoms with Crippen molar-refractivity contribution < 1.29 is 0 Å². The van der Waals surface area contributed by atoms with Crippen LogP contribution in [-0.2, 0) is 0 Å². The van der Waals surface area contributed by atoms with Gasteiger partial charge in [0.2, 0.25) is 0 Å². The molecule has 13 heavy (non-hydrogen) atoms. The first-order valence-corrected chi connectivity index (χ1v) is 4.26. The standard InChI is InChI=1S/C10H7ClN2/c11-9-3-5-13-10(6-9)8-2-1-4-12-7-8/h1-7H. The molecule has 0 aliphatic rings. The SMILES string of the molecule is Clc1ccnc(-c2cccnc2)c1. The fourth-order valence-corrected chi connectivity index (χ4v) is 1.24. The molecule has 0 atom stereocenters. The average Bonchev–Trinajstić information content (AvgIpc) is 2.19. The van der Waals surface area contributed by atoms with Gasteiger partial charge >= 0.3 is 0 Å². The lowest BCUT2D eigenvalue weighted by Crippen LogP contribution is -1.82. The van der Waals surface area contributed by atoms with E-state index in [0.29, 0.717) is 5.02 Å². The highest BCUT2D eigenvalue weighted by Crippen LogP contribution is 2.18. The van der Waals surface area contributed by atoms with Crippen molar-refractivity contribution in [1.29, 1.82) is 0 Å². The van der Waals surface area contributed by atoms with E-state index in [9.17, 15) is 0 Å². The van der Waals surface area contributed by atoms with E-state index in [4.69, 9.17) is 11.6 Å². The molecule has 0 aliphatic carbocycles. The Hall–Kier alpha value is -1.41. The molecule has 0 saturated heterocycles. The third-order valence-corrected chi connectivity index (χ3v) is 1.91. The Bertz CT molecular complexity index is 401. The topological polar surface area (TPSA) is 25.8 Å². The highest BCUT2D eigenvalue weighted by molar-refractivity contribution is 6.30. The summed E-state index contributed by atoms with van der Waals surface area (Å²) in [6, 6.07) is 7.39. The van der Waals surface area contributed by atoms with E-state index >= 15 is 0 Å². The van der Waals surface area contributed by atoms with Crippen molar-refractivity contribution in [3.63, 3.8) is 0 Å². The maximum absolute atomic E-state index is 5.83. The number of hydrogen-bond donors (Lipinski definition) is 0. The summed E-state index contributed by atoms with van der Waals surface area (Å²) in [5.41, 5.74) is 1.82. The molecule has 0 aliphatic heterocycles. The Balaban J connectivity index is 2.48. The lowest BCUT2D eigenvalue weighted by Gasteiger charge is -1.98. The molecular formula is C10H7ClN2. The number of rotatable bonds is 1. The molecule has 0 unspecified atom stereocenters. The quantitative estimate of drug-likeness (QED) is 0.691. The van der Waals surface area contributed by atoms with Crippen molar-refractivity contribution >= 4 is 11.6 Å². The van der Waals surface area contributed by atoms with Crippen LogP contribution >= 0.6 is 11.6 Å². The number of halogens is 1. The van der Waals surface area contributed by atoms with E-state index in [1.54, 1.807) is 24.7 Å². The lowest BCUT2D eigenvalue weighted by atomic mass is 10.2. The Morgan fingerprint density at radius 3 is 2.77 bits per heavy atom. The maximum atomic E-state index is 5.83. The van der Waals surface area contributed by atoms with Crippen LogP contribution < -0.4 is 0 Å². The Morgan fingerprint density at radius 2 is 2.08 bits per heavy atom. The first-order valence-electron chi connectivity index (χ1n) is 3.88. The summed E-state index contributed by atoms with van der Waals surface area (Å²) < 4.78 is 0. The molecule has 0 spiro atoms. The summed E-state index contributed by atoms with van der Waals surface area (Å²) in [7, 11) is 0. The van der Waals surface area contributed by atoms with Crippen LogP contribution in [0.3, 0.4) is 0 Å². The van der Waals surface area contributed by atoms with Gasteiger partial charge in [0, 0.05) is 29.2 Å². The van der Waals surface area contributed by atoms with Gasteiger partial charge in [-0.3, -0.25) is 9.97 Å². The van der Waals surface area contributed by atoms with Crippen LogP contribution in [0, 0.1) is 0 Å². The largest absolute Gasteiger partial charge is 0.264 e. The van der Waals surface area contributed by atoms with Gasteiger partial charge in [-0.25, -0.2) is 0 Å². The van der Waals surface area contributed by atoms with E-state index in [1.165, 1.54) is 0 Å². The Kier molecular flexibility index (Phi) is 2.23. The second-order valence-electron chi connectivity index (χ2n) is 2.60. The normalized spacial score (nSPS) is 9.92. The van der Waals surface area contributed by atoms with Crippen molar-refractivity contribution in [3.8, 4) is 11.3 Å². The van der Waals surface area contributed by atoms with Crippen molar-refractivity contribution in [3.05, 3.63) is 47.9 Å². The van der Waals surface area contributed by atoms with Gasteiger partial charge in [0.05, 0.1) is 5.69 Å². The molecule has 0 amide bonds. The summed E-state index contributed by atoms with van der Waals surface area (Å²) in [6.07, 6.45) is 5.18. The van der Waals surface area contributed by atoms with Gasteiger partial charge in [-0.15, -0.1) is 0 Å². The highest BCUT2D eigenvalue weighted by atomic mass is 35.5. The number of hydrogen-bond acceptors (Lipinski definition) is 2. The Labute approximate surface area is 81.2 Å². The third-order valence-electron chi connectivity index (χ3n) is 1.68. The van der Waals surface area contributed by atoms with Crippen LogP contribution in [0.1, 0.15) is 0 Å². The van der Waals surface area contributed by atoms with Crippen LogP contribution in [0.25, 0.3) is 11.3 Å². The molecule has 2 rings (SSSR count). The molecular weight excluding hydrogens is 184 g/mol. The second kappa shape index (κ2) is 3.54. The van der Waals surface area contributed by atoms with Crippen LogP contribution in [0.5, 0.6) is 0 Å². The predicted molar refractivity (Wildman–Crippen MR) is 52.5 cm³/mol. The maximum Gasteiger partial charge on any atom is 0.0732 e. The first kappa shape index (κ1) is 8.20. The smallest absolute Gasteiger partial charge is 0.0732 e. The monoisotopic (exact) mass is 190 g/mol. The molecule has 2 aromatic rings. The van der Waals surface area contributed by atoms with E-state index in [2.05, 4.69) is 9.97 Å². The summed E-state index contributed by atoms with van der Waals surface area (Å²) in [5.74, 6) is 0. The average molecular weight is 191 g/mol. The molecule has 2 aromatic heterocycles. The fraction of sp³-hybridized carbons (Fsp3) is 0. The van der Waals surface area contributed by atoms with E-state index in [1.807, 2.05) is 18.2 Å². The molecule has 2 nitrogen and oxygen atoms in total. The first-order chi connectivity index (χ1) is 6.36. The van der Waals surface area contributed by atoms with E-state index < -0.39 is 0 Å². The molecule has 0 fully saturated rings. The number of nitrogens with zero attached hydrogens (tertiary/aromatic N) is 2. The predicted octanol–water partition coefficient (Wildman–Crippen LogP) is 2.80. The molecule has 0 saturated carbocycles. The molecule has 3 heteroatoms. The Morgan fingerprint density at radius 1 is 1.15 bits per heavy atom.